The number of hydrogen-bond donors (Lipinski definition) is 2. The normalized spacial score (nSPS) is 14.9. The van der Waals surface area contributed by atoms with E-state index in [9.17, 15) is 5.11 Å². The van der Waals surface area contributed by atoms with Gasteiger partial charge in [0.05, 0.1) is 19.8 Å². The highest BCUT2D eigenvalue weighted by Crippen LogP contribution is 2.29. The minimum atomic E-state index is -0.328. The number of nitrogens with two attached hydrogens (primary N) is 1. The minimum Gasteiger partial charge on any atom is -0.496 e. The summed E-state index contributed by atoms with van der Waals surface area (Å²) in [5.41, 5.74) is 6.92. The van der Waals surface area contributed by atoms with Crippen LogP contribution in [0, 0.1) is 0 Å². The molecule has 0 spiro atoms. The minimum absolute atomic E-state index is 0.0545. The lowest BCUT2D eigenvalue weighted by molar-refractivity contribution is 0.179. The molecule has 16 heavy (non-hydrogen) atoms. The number of aliphatic hydroxyl groups is 1. The summed E-state index contributed by atoms with van der Waals surface area (Å²) in [6, 6.07) is 7.35. The third-order valence-electron chi connectivity index (χ3n) is 2.63. The van der Waals surface area contributed by atoms with Gasteiger partial charge < -0.3 is 20.5 Å². The summed E-state index contributed by atoms with van der Waals surface area (Å²) in [7, 11) is 5.51. The number of hydrogen-bond acceptors (Lipinski definition) is 4. The van der Waals surface area contributed by atoms with Crippen LogP contribution in [-0.4, -0.2) is 43.9 Å². The summed E-state index contributed by atoms with van der Waals surface area (Å²) in [6.07, 6.45) is 0. The lowest BCUT2D eigenvalue weighted by Crippen LogP contribution is -2.40. The fraction of sp³-hybridized carbons (Fsp3) is 0.500. The van der Waals surface area contributed by atoms with Gasteiger partial charge in [-0.2, -0.15) is 0 Å². The SMILES string of the molecule is COc1ccccc1C(C(N)CO)N(C)C. The smallest absolute Gasteiger partial charge is 0.123 e. The van der Waals surface area contributed by atoms with E-state index < -0.39 is 0 Å². The zero-order valence-electron chi connectivity index (χ0n) is 10.1. The molecule has 0 aliphatic heterocycles. The molecule has 0 heterocycles. The van der Waals surface area contributed by atoms with Crippen molar-refractivity contribution < 1.29 is 9.84 Å². The number of para-hydroxylation sites is 1. The van der Waals surface area contributed by atoms with Crippen molar-refractivity contribution >= 4 is 0 Å². The topological polar surface area (TPSA) is 58.7 Å². The van der Waals surface area contributed by atoms with Crippen molar-refractivity contribution in [1.82, 2.24) is 4.90 Å². The largest absolute Gasteiger partial charge is 0.496 e. The maximum absolute atomic E-state index is 9.19. The lowest BCUT2D eigenvalue weighted by Gasteiger charge is -2.30. The second-order valence-electron chi connectivity index (χ2n) is 4.00. The molecule has 0 amide bonds. The summed E-state index contributed by atoms with van der Waals surface area (Å²) in [5, 5.41) is 9.19. The van der Waals surface area contributed by atoms with Crippen LogP contribution in [0.25, 0.3) is 0 Å². The van der Waals surface area contributed by atoms with Gasteiger partial charge >= 0.3 is 0 Å². The van der Waals surface area contributed by atoms with E-state index in [2.05, 4.69) is 0 Å². The Balaban J connectivity index is 3.10. The molecule has 0 bridgehead atoms. The average Bonchev–Trinajstić information content (AvgIpc) is 2.29. The Kier molecular flexibility index (Phi) is 4.73. The molecule has 90 valence electrons. The van der Waals surface area contributed by atoms with Gasteiger partial charge in [-0.15, -0.1) is 0 Å². The third-order valence-corrected chi connectivity index (χ3v) is 2.63. The molecule has 4 heteroatoms. The van der Waals surface area contributed by atoms with Crippen LogP contribution in [0.4, 0.5) is 0 Å². The van der Waals surface area contributed by atoms with Crippen molar-refractivity contribution in [2.45, 2.75) is 12.1 Å². The van der Waals surface area contributed by atoms with Crippen molar-refractivity contribution in [2.75, 3.05) is 27.8 Å². The van der Waals surface area contributed by atoms with Crippen LogP contribution >= 0.6 is 0 Å². The number of methoxy groups -OCH3 is 1. The molecule has 1 aromatic rings. The van der Waals surface area contributed by atoms with Gasteiger partial charge in [0.25, 0.3) is 0 Å². The van der Waals surface area contributed by atoms with E-state index in [-0.39, 0.29) is 18.7 Å². The van der Waals surface area contributed by atoms with Crippen LogP contribution in [0.15, 0.2) is 24.3 Å². The van der Waals surface area contributed by atoms with Crippen LogP contribution in [-0.2, 0) is 0 Å². The molecule has 2 unspecified atom stereocenters. The van der Waals surface area contributed by atoms with Gasteiger partial charge in [-0.1, -0.05) is 18.2 Å². The number of likely N-dealkylation sites (N-methyl/N-ethyl adjacent to an activating group) is 1. The lowest BCUT2D eigenvalue weighted by atomic mass is 9.98. The Labute approximate surface area is 96.6 Å². The highest BCUT2D eigenvalue weighted by atomic mass is 16.5. The molecule has 1 rings (SSSR count). The molecule has 0 saturated carbocycles. The van der Waals surface area contributed by atoms with Crippen LogP contribution in [0.3, 0.4) is 0 Å². The fourth-order valence-electron chi connectivity index (χ4n) is 1.90. The fourth-order valence-corrected chi connectivity index (χ4v) is 1.90. The van der Waals surface area contributed by atoms with E-state index in [1.54, 1.807) is 7.11 Å². The molecule has 0 saturated heterocycles. The van der Waals surface area contributed by atoms with Crippen molar-refractivity contribution in [2.24, 2.45) is 5.73 Å². The quantitative estimate of drug-likeness (QED) is 0.769. The standard InChI is InChI=1S/C12H20N2O2/c1-14(2)12(10(13)8-15)9-6-4-5-7-11(9)16-3/h4-7,10,12,15H,8,13H2,1-3H3. The molecule has 2 atom stereocenters. The summed E-state index contributed by atoms with van der Waals surface area (Å²) in [6.45, 7) is -0.0547. The summed E-state index contributed by atoms with van der Waals surface area (Å²) in [5.74, 6) is 0.796. The second kappa shape index (κ2) is 5.84. The first-order valence-electron chi connectivity index (χ1n) is 5.27. The van der Waals surface area contributed by atoms with E-state index in [1.807, 2.05) is 43.3 Å². The number of nitrogens with zero attached hydrogens (tertiary/aromatic N) is 1. The molecule has 0 fully saturated rings. The molecular formula is C12H20N2O2. The van der Waals surface area contributed by atoms with E-state index >= 15 is 0 Å². The zero-order valence-corrected chi connectivity index (χ0v) is 10.1. The highest BCUT2D eigenvalue weighted by molar-refractivity contribution is 5.36. The molecule has 3 N–H and O–H groups in total. The summed E-state index contributed by atoms with van der Waals surface area (Å²) < 4.78 is 5.31. The summed E-state index contributed by atoms with van der Waals surface area (Å²) in [4.78, 5) is 1.98. The van der Waals surface area contributed by atoms with Crippen LogP contribution in [0.1, 0.15) is 11.6 Å². The van der Waals surface area contributed by atoms with E-state index in [1.165, 1.54) is 0 Å². The number of rotatable bonds is 5. The molecule has 4 nitrogen and oxygen atoms in total. The van der Waals surface area contributed by atoms with Crippen molar-refractivity contribution in [1.29, 1.82) is 0 Å². The van der Waals surface area contributed by atoms with Gasteiger partial charge in [-0.25, -0.2) is 0 Å². The van der Waals surface area contributed by atoms with Gasteiger partial charge in [-0.05, 0) is 20.2 Å². The molecule has 0 aromatic heterocycles. The van der Waals surface area contributed by atoms with Gasteiger partial charge in [-0.3, -0.25) is 0 Å². The first-order chi connectivity index (χ1) is 7.61. The molecular weight excluding hydrogens is 204 g/mol. The van der Waals surface area contributed by atoms with Crippen molar-refractivity contribution in [3.8, 4) is 5.75 Å². The predicted octanol–water partition coefficient (Wildman–Crippen LogP) is 0.618. The maximum Gasteiger partial charge on any atom is 0.123 e. The molecule has 0 aliphatic carbocycles. The van der Waals surface area contributed by atoms with Gasteiger partial charge in [0.2, 0.25) is 0 Å². The Morgan fingerprint density at radius 3 is 2.50 bits per heavy atom. The Bertz CT molecular complexity index is 329. The Hall–Kier alpha value is -1.10. The van der Waals surface area contributed by atoms with Crippen LogP contribution in [0.5, 0.6) is 5.75 Å². The number of benzene rings is 1. The molecule has 0 aliphatic rings. The maximum atomic E-state index is 9.19. The van der Waals surface area contributed by atoms with E-state index in [0.29, 0.717) is 0 Å². The van der Waals surface area contributed by atoms with Gasteiger partial charge in [0.1, 0.15) is 5.75 Å². The predicted molar refractivity (Wildman–Crippen MR) is 64.5 cm³/mol. The van der Waals surface area contributed by atoms with E-state index in [4.69, 9.17) is 10.5 Å². The number of ether oxygens (including phenoxy) is 1. The monoisotopic (exact) mass is 224 g/mol. The second-order valence-corrected chi connectivity index (χ2v) is 4.00. The zero-order chi connectivity index (χ0) is 12.1. The van der Waals surface area contributed by atoms with Crippen LogP contribution < -0.4 is 10.5 Å². The highest BCUT2D eigenvalue weighted by Gasteiger charge is 2.24. The van der Waals surface area contributed by atoms with E-state index in [0.717, 1.165) is 11.3 Å². The summed E-state index contributed by atoms with van der Waals surface area (Å²) >= 11 is 0. The van der Waals surface area contributed by atoms with Gasteiger partial charge in [0, 0.05) is 11.6 Å². The Morgan fingerprint density at radius 2 is 2.00 bits per heavy atom. The van der Waals surface area contributed by atoms with Crippen LogP contribution in [0.2, 0.25) is 0 Å². The molecule has 1 aromatic carbocycles. The molecule has 0 radical (unpaired) electrons. The Morgan fingerprint density at radius 1 is 1.38 bits per heavy atom. The van der Waals surface area contributed by atoms with Crippen molar-refractivity contribution in [3.63, 3.8) is 0 Å². The number of aliphatic hydroxyl groups excluding tert-OH is 1. The van der Waals surface area contributed by atoms with Crippen molar-refractivity contribution in [3.05, 3.63) is 29.8 Å². The van der Waals surface area contributed by atoms with Gasteiger partial charge in [0.15, 0.2) is 0 Å². The first-order valence-corrected chi connectivity index (χ1v) is 5.27. The third kappa shape index (κ3) is 2.72. The first kappa shape index (κ1) is 13.0. The average molecular weight is 224 g/mol.